The molecule has 1 aromatic carbocycles. The standard InChI is InChI=1S/C16H24N2O.ClH/c1-3-16(8-4-5-9-16)11-18-15(19)14-10-13(17)7-6-12(14)2;/h6-7,10H,3-5,8-9,11,17H2,1-2H3,(H,18,19);1H. The molecular weight excluding hydrogens is 272 g/mol. The highest BCUT2D eigenvalue weighted by Gasteiger charge is 2.32. The molecule has 0 aromatic heterocycles. The first kappa shape index (κ1) is 16.8. The Labute approximate surface area is 127 Å². The Bertz CT molecular complexity index is 468. The largest absolute Gasteiger partial charge is 0.399 e. The minimum Gasteiger partial charge on any atom is -0.399 e. The topological polar surface area (TPSA) is 55.1 Å². The van der Waals surface area contributed by atoms with Gasteiger partial charge in [-0.2, -0.15) is 0 Å². The maximum absolute atomic E-state index is 12.3. The van der Waals surface area contributed by atoms with Crippen LogP contribution in [-0.4, -0.2) is 12.5 Å². The molecule has 0 aliphatic heterocycles. The molecule has 0 radical (unpaired) electrons. The molecule has 3 nitrogen and oxygen atoms in total. The van der Waals surface area contributed by atoms with Crippen LogP contribution in [0.3, 0.4) is 0 Å². The summed E-state index contributed by atoms with van der Waals surface area (Å²) < 4.78 is 0. The summed E-state index contributed by atoms with van der Waals surface area (Å²) in [7, 11) is 0. The maximum Gasteiger partial charge on any atom is 0.251 e. The van der Waals surface area contributed by atoms with Gasteiger partial charge in [0.15, 0.2) is 0 Å². The van der Waals surface area contributed by atoms with Crippen LogP contribution < -0.4 is 11.1 Å². The van der Waals surface area contributed by atoms with Crippen LogP contribution in [0.1, 0.15) is 54.9 Å². The van der Waals surface area contributed by atoms with Gasteiger partial charge < -0.3 is 11.1 Å². The van der Waals surface area contributed by atoms with E-state index < -0.39 is 0 Å². The number of halogens is 1. The number of nitrogens with one attached hydrogen (secondary N) is 1. The second kappa shape index (κ2) is 6.98. The maximum atomic E-state index is 12.3. The molecule has 4 heteroatoms. The average Bonchev–Trinajstić information content (AvgIpc) is 2.88. The summed E-state index contributed by atoms with van der Waals surface area (Å²) in [6, 6.07) is 5.49. The third-order valence-electron chi connectivity index (χ3n) is 4.54. The molecular formula is C16H25ClN2O. The molecule has 20 heavy (non-hydrogen) atoms. The molecule has 1 aliphatic carbocycles. The van der Waals surface area contributed by atoms with E-state index in [1.54, 1.807) is 6.07 Å². The number of nitrogens with two attached hydrogens (primary N) is 1. The third kappa shape index (κ3) is 3.66. The van der Waals surface area contributed by atoms with Crippen molar-refractivity contribution in [2.24, 2.45) is 5.41 Å². The fourth-order valence-corrected chi connectivity index (χ4v) is 3.03. The Morgan fingerprint density at radius 3 is 2.60 bits per heavy atom. The smallest absolute Gasteiger partial charge is 0.251 e. The van der Waals surface area contributed by atoms with Gasteiger partial charge in [0, 0.05) is 17.8 Å². The molecule has 1 aliphatic rings. The van der Waals surface area contributed by atoms with Crippen LogP contribution >= 0.6 is 12.4 Å². The van der Waals surface area contributed by atoms with Crippen molar-refractivity contribution < 1.29 is 4.79 Å². The molecule has 112 valence electrons. The van der Waals surface area contributed by atoms with E-state index in [0.717, 1.165) is 18.5 Å². The number of amides is 1. The van der Waals surface area contributed by atoms with Gasteiger partial charge in [-0.05, 0) is 49.3 Å². The molecule has 0 atom stereocenters. The molecule has 0 bridgehead atoms. The third-order valence-corrected chi connectivity index (χ3v) is 4.54. The van der Waals surface area contributed by atoms with Crippen LogP contribution in [0.25, 0.3) is 0 Å². The highest BCUT2D eigenvalue weighted by molar-refractivity contribution is 5.96. The lowest BCUT2D eigenvalue weighted by Gasteiger charge is -2.27. The van der Waals surface area contributed by atoms with Gasteiger partial charge in [-0.25, -0.2) is 0 Å². The first-order valence-corrected chi connectivity index (χ1v) is 7.21. The van der Waals surface area contributed by atoms with E-state index in [9.17, 15) is 4.79 Å². The van der Waals surface area contributed by atoms with E-state index in [4.69, 9.17) is 5.73 Å². The predicted molar refractivity (Wildman–Crippen MR) is 86.4 cm³/mol. The van der Waals surface area contributed by atoms with Crippen molar-refractivity contribution in [3.63, 3.8) is 0 Å². The van der Waals surface area contributed by atoms with Crippen molar-refractivity contribution in [3.8, 4) is 0 Å². The van der Waals surface area contributed by atoms with Crippen molar-refractivity contribution in [1.82, 2.24) is 5.32 Å². The Morgan fingerprint density at radius 1 is 1.35 bits per heavy atom. The van der Waals surface area contributed by atoms with E-state index in [0.29, 0.717) is 16.7 Å². The minimum absolute atomic E-state index is 0. The number of carbonyl (C=O) groups is 1. The second-order valence-electron chi connectivity index (χ2n) is 5.82. The van der Waals surface area contributed by atoms with Gasteiger partial charge in [-0.15, -0.1) is 12.4 Å². The number of aryl methyl sites for hydroxylation is 1. The van der Waals surface area contributed by atoms with Gasteiger partial charge >= 0.3 is 0 Å². The van der Waals surface area contributed by atoms with E-state index in [1.807, 2.05) is 19.1 Å². The van der Waals surface area contributed by atoms with Crippen molar-refractivity contribution in [3.05, 3.63) is 29.3 Å². The zero-order valence-corrected chi connectivity index (χ0v) is 13.2. The van der Waals surface area contributed by atoms with Crippen LogP contribution in [0.2, 0.25) is 0 Å². The van der Waals surface area contributed by atoms with Crippen molar-refractivity contribution in [2.75, 3.05) is 12.3 Å². The first-order valence-electron chi connectivity index (χ1n) is 7.21. The molecule has 0 spiro atoms. The molecule has 0 unspecified atom stereocenters. The summed E-state index contributed by atoms with van der Waals surface area (Å²) in [5.41, 5.74) is 8.39. The molecule has 2 rings (SSSR count). The first-order chi connectivity index (χ1) is 9.06. The fraction of sp³-hybridized carbons (Fsp3) is 0.562. The summed E-state index contributed by atoms with van der Waals surface area (Å²) in [5, 5.41) is 3.11. The Morgan fingerprint density at radius 2 is 2.00 bits per heavy atom. The van der Waals surface area contributed by atoms with Gasteiger partial charge in [0.05, 0.1) is 0 Å². The number of nitrogen functional groups attached to an aromatic ring is 1. The fourth-order valence-electron chi connectivity index (χ4n) is 3.03. The summed E-state index contributed by atoms with van der Waals surface area (Å²) in [4.78, 5) is 12.3. The number of rotatable bonds is 4. The van der Waals surface area contributed by atoms with Gasteiger partial charge in [0.1, 0.15) is 0 Å². The SMILES string of the molecule is CCC1(CNC(=O)c2cc(N)ccc2C)CCCC1.Cl. The van der Waals surface area contributed by atoms with Crippen molar-refractivity contribution in [1.29, 1.82) is 0 Å². The molecule has 3 N–H and O–H groups in total. The molecule has 1 amide bonds. The van der Waals surface area contributed by atoms with Crippen LogP contribution in [0.15, 0.2) is 18.2 Å². The van der Waals surface area contributed by atoms with E-state index in [-0.39, 0.29) is 18.3 Å². The number of benzene rings is 1. The van der Waals surface area contributed by atoms with Gasteiger partial charge in [-0.3, -0.25) is 4.79 Å². The molecule has 0 saturated heterocycles. The average molecular weight is 297 g/mol. The Balaban J connectivity index is 0.00000200. The molecule has 1 aromatic rings. The van der Waals surface area contributed by atoms with Crippen LogP contribution in [-0.2, 0) is 0 Å². The quantitative estimate of drug-likeness (QED) is 0.832. The lowest BCUT2D eigenvalue weighted by Crippen LogP contribution is -2.35. The van der Waals surface area contributed by atoms with Crippen molar-refractivity contribution in [2.45, 2.75) is 46.0 Å². The normalized spacial score (nSPS) is 16.5. The lowest BCUT2D eigenvalue weighted by atomic mass is 9.83. The number of hydrogen-bond acceptors (Lipinski definition) is 2. The summed E-state index contributed by atoms with van der Waals surface area (Å²) >= 11 is 0. The number of anilines is 1. The van der Waals surface area contributed by atoms with E-state index in [2.05, 4.69) is 12.2 Å². The lowest BCUT2D eigenvalue weighted by molar-refractivity contribution is 0.0928. The van der Waals surface area contributed by atoms with Gasteiger partial charge in [0.2, 0.25) is 0 Å². The van der Waals surface area contributed by atoms with Gasteiger partial charge in [0.25, 0.3) is 5.91 Å². The van der Waals surface area contributed by atoms with Crippen LogP contribution in [0.5, 0.6) is 0 Å². The highest BCUT2D eigenvalue weighted by atomic mass is 35.5. The Kier molecular flexibility index (Phi) is 5.88. The molecule has 1 fully saturated rings. The monoisotopic (exact) mass is 296 g/mol. The summed E-state index contributed by atoms with van der Waals surface area (Å²) in [5.74, 6) is 0.00419. The van der Waals surface area contributed by atoms with E-state index >= 15 is 0 Å². The van der Waals surface area contributed by atoms with Crippen LogP contribution in [0.4, 0.5) is 5.69 Å². The molecule has 0 heterocycles. The predicted octanol–water partition coefficient (Wildman–Crippen LogP) is 3.70. The highest BCUT2D eigenvalue weighted by Crippen LogP contribution is 2.40. The van der Waals surface area contributed by atoms with Crippen molar-refractivity contribution >= 4 is 24.0 Å². The van der Waals surface area contributed by atoms with E-state index in [1.165, 1.54) is 25.7 Å². The van der Waals surface area contributed by atoms with Crippen LogP contribution in [0, 0.1) is 12.3 Å². The number of carbonyl (C=O) groups excluding carboxylic acids is 1. The molecule has 1 saturated carbocycles. The Hall–Kier alpha value is -1.22. The summed E-state index contributed by atoms with van der Waals surface area (Å²) in [6.07, 6.45) is 6.20. The number of hydrogen-bond donors (Lipinski definition) is 2. The van der Waals surface area contributed by atoms with Gasteiger partial charge in [-0.1, -0.05) is 25.8 Å². The summed E-state index contributed by atoms with van der Waals surface area (Å²) in [6.45, 7) is 4.96. The zero-order chi connectivity index (χ0) is 13.9. The zero-order valence-electron chi connectivity index (χ0n) is 12.4. The minimum atomic E-state index is 0. The second-order valence-corrected chi connectivity index (χ2v) is 5.82.